The van der Waals surface area contributed by atoms with Gasteiger partial charge in [-0.3, -0.25) is 0 Å². The lowest BCUT2D eigenvalue weighted by molar-refractivity contribution is 0.0589. The van der Waals surface area contributed by atoms with Crippen molar-refractivity contribution in [2.45, 2.75) is 19.8 Å². The summed E-state index contributed by atoms with van der Waals surface area (Å²) in [5, 5.41) is 0. The number of ether oxygens (including phenoxy) is 3. The van der Waals surface area contributed by atoms with E-state index in [-0.39, 0.29) is 16.9 Å². The molecular formula is C14H18O5. The van der Waals surface area contributed by atoms with Crippen LogP contribution in [0.3, 0.4) is 0 Å². The lowest BCUT2D eigenvalue weighted by Gasteiger charge is -2.13. The van der Waals surface area contributed by atoms with Gasteiger partial charge in [0.05, 0.1) is 20.8 Å². The topological polar surface area (TPSA) is 61.8 Å². The summed E-state index contributed by atoms with van der Waals surface area (Å²) in [7, 11) is 2.56. The fourth-order valence-electron chi connectivity index (χ4n) is 1.55. The third kappa shape index (κ3) is 3.71. The van der Waals surface area contributed by atoms with Crippen LogP contribution in [0.1, 0.15) is 40.5 Å². The Hall–Kier alpha value is -2.04. The van der Waals surface area contributed by atoms with Gasteiger partial charge in [0, 0.05) is 0 Å². The number of para-hydroxylation sites is 1. The van der Waals surface area contributed by atoms with E-state index in [4.69, 9.17) is 4.74 Å². The van der Waals surface area contributed by atoms with Crippen molar-refractivity contribution in [2.75, 3.05) is 20.8 Å². The molecule has 0 N–H and O–H groups in total. The summed E-state index contributed by atoms with van der Waals surface area (Å²) in [5.74, 6) is -0.871. The highest BCUT2D eigenvalue weighted by Gasteiger charge is 2.21. The first-order valence-electron chi connectivity index (χ1n) is 6.08. The van der Waals surface area contributed by atoms with Crippen molar-refractivity contribution in [2.24, 2.45) is 0 Å². The Morgan fingerprint density at radius 3 is 2.00 bits per heavy atom. The van der Waals surface area contributed by atoms with E-state index in [1.807, 2.05) is 6.92 Å². The zero-order chi connectivity index (χ0) is 14.3. The van der Waals surface area contributed by atoms with Gasteiger partial charge in [-0.15, -0.1) is 0 Å². The van der Waals surface area contributed by atoms with Crippen LogP contribution >= 0.6 is 0 Å². The average Bonchev–Trinajstić information content (AvgIpc) is 2.45. The number of unbranched alkanes of at least 4 members (excludes halogenated alkanes) is 1. The summed E-state index contributed by atoms with van der Waals surface area (Å²) in [5.41, 5.74) is 0.447. The molecular weight excluding hydrogens is 248 g/mol. The van der Waals surface area contributed by atoms with Crippen LogP contribution in [0.4, 0.5) is 0 Å². The van der Waals surface area contributed by atoms with E-state index in [0.29, 0.717) is 6.61 Å². The van der Waals surface area contributed by atoms with Crippen LogP contribution in [-0.4, -0.2) is 32.8 Å². The Bertz CT molecular complexity index is 419. The Balaban J connectivity index is 3.15. The quantitative estimate of drug-likeness (QED) is 0.584. The van der Waals surface area contributed by atoms with Crippen LogP contribution < -0.4 is 4.74 Å². The number of carbonyl (C=O) groups is 2. The average molecular weight is 266 g/mol. The second-order valence-electron chi connectivity index (χ2n) is 3.87. The monoisotopic (exact) mass is 266 g/mol. The molecule has 0 aliphatic rings. The largest absolute Gasteiger partial charge is 0.492 e. The van der Waals surface area contributed by atoms with Gasteiger partial charge in [-0.1, -0.05) is 19.4 Å². The maximum atomic E-state index is 11.7. The van der Waals surface area contributed by atoms with E-state index in [1.165, 1.54) is 14.2 Å². The minimum atomic E-state index is -0.544. The van der Waals surface area contributed by atoms with Gasteiger partial charge in [0.25, 0.3) is 0 Å². The molecule has 104 valence electrons. The fraction of sp³-hybridized carbons (Fsp3) is 0.429. The van der Waals surface area contributed by atoms with Crippen molar-refractivity contribution in [1.82, 2.24) is 0 Å². The molecule has 0 atom stereocenters. The minimum absolute atomic E-state index is 0.217. The number of carbonyl (C=O) groups excluding carboxylic acids is 2. The fourth-order valence-corrected chi connectivity index (χ4v) is 1.55. The van der Waals surface area contributed by atoms with Crippen molar-refractivity contribution < 1.29 is 23.8 Å². The summed E-state index contributed by atoms with van der Waals surface area (Å²) in [4.78, 5) is 23.4. The Morgan fingerprint density at radius 2 is 1.58 bits per heavy atom. The van der Waals surface area contributed by atoms with Gasteiger partial charge >= 0.3 is 11.9 Å². The summed E-state index contributed by atoms with van der Waals surface area (Å²) in [6, 6.07) is 4.70. The minimum Gasteiger partial charge on any atom is -0.492 e. The second-order valence-corrected chi connectivity index (χ2v) is 3.87. The van der Waals surface area contributed by atoms with Crippen molar-refractivity contribution in [3.05, 3.63) is 29.3 Å². The van der Waals surface area contributed by atoms with Crippen molar-refractivity contribution in [3.63, 3.8) is 0 Å². The molecule has 0 heterocycles. The summed E-state index contributed by atoms with van der Waals surface area (Å²) < 4.78 is 14.9. The van der Waals surface area contributed by atoms with Crippen LogP contribution in [0, 0.1) is 0 Å². The number of rotatable bonds is 6. The van der Waals surface area contributed by atoms with E-state index in [2.05, 4.69) is 9.47 Å². The molecule has 0 aromatic heterocycles. The van der Waals surface area contributed by atoms with Crippen LogP contribution in [0.5, 0.6) is 5.75 Å². The van der Waals surface area contributed by atoms with E-state index in [0.717, 1.165) is 12.8 Å². The van der Waals surface area contributed by atoms with Crippen LogP contribution in [0.15, 0.2) is 18.2 Å². The van der Waals surface area contributed by atoms with E-state index in [1.54, 1.807) is 18.2 Å². The molecule has 1 rings (SSSR count). The smallest absolute Gasteiger partial charge is 0.341 e. The SMILES string of the molecule is CCCCOc1c(C(=O)OC)cccc1C(=O)OC. The van der Waals surface area contributed by atoms with E-state index >= 15 is 0 Å². The van der Waals surface area contributed by atoms with Gasteiger partial charge in [-0.05, 0) is 18.6 Å². The summed E-state index contributed by atoms with van der Waals surface area (Å²) in [6.07, 6.45) is 1.78. The molecule has 0 spiro atoms. The van der Waals surface area contributed by atoms with E-state index in [9.17, 15) is 9.59 Å². The molecule has 0 amide bonds. The maximum absolute atomic E-state index is 11.7. The zero-order valence-electron chi connectivity index (χ0n) is 11.4. The molecule has 0 unspecified atom stereocenters. The molecule has 0 bridgehead atoms. The summed E-state index contributed by atoms with van der Waals surface area (Å²) in [6.45, 7) is 2.45. The van der Waals surface area contributed by atoms with Crippen molar-refractivity contribution in [1.29, 1.82) is 0 Å². The molecule has 1 aromatic rings. The van der Waals surface area contributed by atoms with Crippen LogP contribution in [0.2, 0.25) is 0 Å². The van der Waals surface area contributed by atoms with Gasteiger partial charge in [0.1, 0.15) is 16.9 Å². The lowest BCUT2D eigenvalue weighted by atomic mass is 10.1. The molecule has 0 saturated carbocycles. The van der Waals surface area contributed by atoms with E-state index < -0.39 is 11.9 Å². The van der Waals surface area contributed by atoms with Gasteiger partial charge in [-0.2, -0.15) is 0 Å². The van der Waals surface area contributed by atoms with Gasteiger partial charge in [0.15, 0.2) is 0 Å². The third-order valence-corrected chi connectivity index (χ3v) is 2.57. The Labute approximate surface area is 112 Å². The highest BCUT2D eigenvalue weighted by molar-refractivity contribution is 6.00. The molecule has 0 aliphatic carbocycles. The highest BCUT2D eigenvalue weighted by Crippen LogP contribution is 2.26. The molecule has 0 fully saturated rings. The summed E-state index contributed by atoms with van der Waals surface area (Å²) >= 11 is 0. The molecule has 19 heavy (non-hydrogen) atoms. The molecule has 1 aromatic carbocycles. The first-order chi connectivity index (χ1) is 9.15. The first kappa shape index (κ1) is 15.0. The van der Waals surface area contributed by atoms with Gasteiger partial charge in [0.2, 0.25) is 0 Å². The maximum Gasteiger partial charge on any atom is 0.341 e. The van der Waals surface area contributed by atoms with Crippen molar-refractivity contribution >= 4 is 11.9 Å². The second kappa shape index (κ2) is 7.41. The molecule has 5 nitrogen and oxygen atoms in total. The number of hydrogen-bond donors (Lipinski definition) is 0. The Morgan fingerprint density at radius 1 is 1.05 bits per heavy atom. The predicted octanol–water partition coefficient (Wildman–Crippen LogP) is 2.44. The number of esters is 2. The third-order valence-electron chi connectivity index (χ3n) is 2.57. The van der Waals surface area contributed by atoms with Gasteiger partial charge in [-0.25, -0.2) is 9.59 Å². The standard InChI is InChI=1S/C14H18O5/c1-4-5-9-19-12-10(13(15)17-2)7-6-8-11(12)14(16)18-3/h6-8H,4-5,9H2,1-3H3. The number of benzene rings is 1. The van der Waals surface area contributed by atoms with Crippen LogP contribution in [-0.2, 0) is 9.47 Å². The zero-order valence-corrected chi connectivity index (χ0v) is 11.4. The van der Waals surface area contributed by atoms with Crippen LogP contribution in [0.25, 0.3) is 0 Å². The highest BCUT2D eigenvalue weighted by atomic mass is 16.5. The lowest BCUT2D eigenvalue weighted by Crippen LogP contribution is -2.12. The predicted molar refractivity (Wildman–Crippen MR) is 69.5 cm³/mol. The molecule has 0 saturated heterocycles. The normalized spacial score (nSPS) is 9.84. The van der Waals surface area contributed by atoms with Crippen molar-refractivity contribution in [3.8, 4) is 5.75 Å². The molecule has 5 heteroatoms. The molecule has 0 aliphatic heterocycles. The Kier molecular flexibility index (Phi) is 5.85. The number of hydrogen-bond acceptors (Lipinski definition) is 5. The number of methoxy groups -OCH3 is 2. The van der Waals surface area contributed by atoms with Gasteiger partial charge < -0.3 is 14.2 Å². The molecule has 0 radical (unpaired) electrons. The first-order valence-corrected chi connectivity index (χ1v) is 6.08.